The number of nitrogens with one attached hydrogen (secondary N) is 1. The van der Waals surface area contributed by atoms with Crippen molar-refractivity contribution in [3.8, 4) is 0 Å². The van der Waals surface area contributed by atoms with E-state index in [1.807, 2.05) is 6.08 Å². The maximum absolute atomic E-state index is 13.4. The second-order valence-electron chi connectivity index (χ2n) is 20.7. The zero-order chi connectivity index (χ0) is 51.8. The van der Waals surface area contributed by atoms with Gasteiger partial charge in [0.05, 0.1) is 25.4 Å². The summed E-state index contributed by atoms with van der Waals surface area (Å²) in [5.74, 6) is -1.20. The Kier molecular flexibility index (Phi) is 46.0. The summed E-state index contributed by atoms with van der Waals surface area (Å²) in [4.78, 5) is 26.5. The minimum absolute atomic E-state index is 0.120. The van der Waals surface area contributed by atoms with Crippen LogP contribution in [0.3, 0.4) is 0 Å². The van der Waals surface area contributed by atoms with E-state index in [0.717, 1.165) is 83.5 Å². The molecule has 1 aliphatic heterocycles. The largest absolute Gasteiger partial charge is 0.454 e. The van der Waals surface area contributed by atoms with Crippen molar-refractivity contribution in [2.24, 2.45) is 0 Å². The molecule has 416 valence electrons. The molecule has 11 heteroatoms. The van der Waals surface area contributed by atoms with Gasteiger partial charge in [-0.25, -0.2) is 0 Å². The molecular weight excluding hydrogens is 895 g/mol. The van der Waals surface area contributed by atoms with Gasteiger partial charge in [-0.15, -0.1) is 0 Å². The van der Waals surface area contributed by atoms with Gasteiger partial charge in [0.2, 0.25) is 5.91 Å². The Labute approximate surface area is 434 Å². The summed E-state index contributed by atoms with van der Waals surface area (Å²) in [6, 6.07) is -1.02. The van der Waals surface area contributed by atoms with E-state index in [-0.39, 0.29) is 19.4 Å². The third-order valence-corrected chi connectivity index (χ3v) is 14.0. The lowest BCUT2D eigenvalue weighted by atomic mass is 9.99. The molecule has 1 saturated heterocycles. The first kappa shape index (κ1) is 66.9. The third-order valence-electron chi connectivity index (χ3n) is 14.0. The molecule has 8 unspecified atom stereocenters. The Balaban J connectivity index is 2.70. The van der Waals surface area contributed by atoms with Gasteiger partial charge in [-0.05, 0) is 77.0 Å². The summed E-state index contributed by atoms with van der Waals surface area (Å²) in [6.45, 7) is 5.76. The van der Waals surface area contributed by atoms with Gasteiger partial charge in [-0.3, -0.25) is 9.59 Å². The van der Waals surface area contributed by atoms with Crippen molar-refractivity contribution >= 4 is 11.9 Å². The van der Waals surface area contributed by atoms with Gasteiger partial charge < -0.3 is 45.1 Å². The van der Waals surface area contributed by atoms with E-state index in [1.165, 1.54) is 141 Å². The Morgan fingerprint density at radius 2 is 0.930 bits per heavy atom. The minimum Gasteiger partial charge on any atom is -0.454 e. The molecule has 0 saturated carbocycles. The van der Waals surface area contributed by atoms with Gasteiger partial charge in [0.15, 0.2) is 12.4 Å². The second-order valence-corrected chi connectivity index (χ2v) is 20.7. The monoisotopic (exact) mass is 1010 g/mol. The number of aliphatic hydroxyl groups is 5. The van der Waals surface area contributed by atoms with Crippen molar-refractivity contribution < 1.29 is 49.3 Å². The normalized spacial score (nSPS) is 19.8. The number of allylic oxidation sites excluding steroid dienone is 5. The van der Waals surface area contributed by atoms with E-state index in [4.69, 9.17) is 14.2 Å². The fourth-order valence-corrected chi connectivity index (χ4v) is 9.23. The molecule has 6 N–H and O–H groups in total. The molecule has 71 heavy (non-hydrogen) atoms. The highest BCUT2D eigenvalue weighted by Crippen LogP contribution is 2.26. The zero-order valence-corrected chi connectivity index (χ0v) is 45.9. The number of ether oxygens (including phenoxy) is 3. The van der Waals surface area contributed by atoms with Crippen LogP contribution in [0.4, 0.5) is 0 Å². The summed E-state index contributed by atoms with van der Waals surface area (Å²) >= 11 is 0. The van der Waals surface area contributed by atoms with Crippen molar-refractivity contribution in [1.29, 1.82) is 0 Å². The second kappa shape index (κ2) is 48.8. The standard InChI is InChI=1S/C60H111NO10/c1-4-7-10-13-16-19-22-24-26-27-28-30-33-36-39-42-45-48-55(65)71-58-57(67)56(66)54(49-62)70-60(58)69-50-51(52(63)46-43-40-37-34-31-21-18-15-12-9-6-3)61-59(68)53(64)47-44-41-38-35-32-29-25-23-20-17-14-11-8-5-2/h20,23-24,26,43,46,51-54,56-58,60,62-64,66-67H,4-19,21-22,25,27-42,44-45,47-50H2,1-3H3,(H,61,68)/b23-20-,26-24+,46-43+. The molecule has 0 radical (unpaired) electrons. The molecule has 0 aromatic heterocycles. The van der Waals surface area contributed by atoms with Crippen LogP contribution in [-0.4, -0.2) is 99.6 Å². The van der Waals surface area contributed by atoms with Gasteiger partial charge >= 0.3 is 5.97 Å². The number of carbonyl (C=O) groups excluding carboxylic acids is 2. The summed E-state index contributed by atoms with van der Waals surface area (Å²) in [5.41, 5.74) is 0. The van der Waals surface area contributed by atoms with Gasteiger partial charge in [-0.2, -0.15) is 0 Å². The maximum Gasteiger partial charge on any atom is 0.306 e. The lowest BCUT2D eigenvalue weighted by Gasteiger charge is -2.41. The van der Waals surface area contributed by atoms with E-state index in [2.05, 4.69) is 50.4 Å². The van der Waals surface area contributed by atoms with E-state index < -0.39 is 67.4 Å². The molecule has 1 aliphatic rings. The zero-order valence-electron chi connectivity index (χ0n) is 45.9. The molecule has 0 aliphatic carbocycles. The molecule has 0 bridgehead atoms. The molecule has 0 spiro atoms. The van der Waals surface area contributed by atoms with Gasteiger partial charge in [-0.1, -0.05) is 224 Å². The predicted molar refractivity (Wildman–Crippen MR) is 292 cm³/mol. The van der Waals surface area contributed by atoms with Crippen LogP contribution in [0.15, 0.2) is 36.5 Å². The smallest absolute Gasteiger partial charge is 0.306 e. The summed E-state index contributed by atoms with van der Waals surface area (Å²) in [6.07, 6.45) is 46.1. The summed E-state index contributed by atoms with van der Waals surface area (Å²) in [5, 5.41) is 56.8. The number of carbonyl (C=O) groups is 2. The molecule has 1 amide bonds. The first-order chi connectivity index (χ1) is 34.7. The number of esters is 1. The third kappa shape index (κ3) is 37.3. The van der Waals surface area contributed by atoms with Crippen LogP contribution in [0.1, 0.15) is 271 Å². The molecule has 8 atom stereocenters. The van der Waals surface area contributed by atoms with Crippen LogP contribution in [0, 0.1) is 0 Å². The fraction of sp³-hybridized carbons (Fsp3) is 0.867. The van der Waals surface area contributed by atoms with Crippen molar-refractivity contribution in [1.82, 2.24) is 5.32 Å². The lowest BCUT2D eigenvalue weighted by Crippen LogP contribution is -2.61. The van der Waals surface area contributed by atoms with Crippen molar-refractivity contribution in [2.75, 3.05) is 13.2 Å². The first-order valence-corrected chi connectivity index (χ1v) is 29.8. The van der Waals surface area contributed by atoms with E-state index in [0.29, 0.717) is 12.8 Å². The van der Waals surface area contributed by atoms with Crippen LogP contribution < -0.4 is 5.32 Å². The van der Waals surface area contributed by atoms with Crippen LogP contribution in [0.2, 0.25) is 0 Å². The number of rotatable bonds is 50. The van der Waals surface area contributed by atoms with E-state index >= 15 is 0 Å². The number of hydrogen-bond donors (Lipinski definition) is 6. The number of hydrogen-bond acceptors (Lipinski definition) is 10. The SMILES string of the molecule is CCCCCC/C=C\CCCCCCCCC(O)C(=O)NC(COC1OC(CO)C(O)C(O)C1OC(=O)CCCCCCCCC/C=C/CCCCCCCC)C(O)/C=C/CCCCCCCCCCC. The quantitative estimate of drug-likeness (QED) is 0.0195. The van der Waals surface area contributed by atoms with Gasteiger partial charge in [0.1, 0.15) is 24.4 Å². The molecule has 1 rings (SSSR count). The molecule has 1 heterocycles. The van der Waals surface area contributed by atoms with Gasteiger partial charge in [0.25, 0.3) is 0 Å². The molecule has 11 nitrogen and oxygen atoms in total. The van der Waals surface area contributed by atoms with Crippen LogP contribution in [0.25, 0.3) is 0 Å². The Morgan fingerprint density at radius 1 is 0.535 bits per heavy atom. The van der Waals surface area contributed by atoms with Gasteiger partial charge in [0, 0.05) is 6.42 Å². The Morgan fingerprint density at radius 3 is 1.38 bits per heavy atom. The maximum atomic E-state index is 13.4. The predicted octanol–water partition coefficient (Wildman–Crippen LogP) is 13.5. The van der Waals surface area contributed by atoms with Crippen LogP contribution in [-0.2, 0) is 23.8 Å². The lowest BCUT2D eigenvalue weighted by molar-refractivity contribution is -0.305. The number of amides is 1. The highest BCUT2D eigenvalue weighted by Gasteiger charge is 2.47. The highest BCUT2D eigenvalue weighted by molar-refractivity contribution is 5.80. The minimum atomic E-state index is -1.61. The average molecular weight is 1010 g/mol. The topological polar surface area (TPSA) is 175 Å². The number of aliphatic hydroxyl groups excluding tert-OH is 5. The van der Waals surface area contributed by atoms with Crippen LogP contribution >= 0.6 is 0 Å². The van der Waals surface area contributed by atoms with Crippen molar-refractivity contribution in [2.45, 2.75) is 320 Å². The van der Waals surface area contributed by atoms with E-state index in [1.54, 1.807) is 6.08 Å². The van der Waals surface area contributed by atoms with Crippen molar-refractivity contribution in [3.63, 3.8) is 0 Å². The molecule has 0 aromatic rings. The summed E-state index contributed by atoms with van der Waals surface area (Å²) < 4.78 is 17.6. The molecule has 0 aromatic carbocycles. The van der Waals surface area contributed by atoms with Crippen LogP contribution in [0.5, 0.6) is 0 Å². The molecule has 1 fully saturated rings. The number of unbranched alkanes of at least 4 members (excludes halogenated alkanes) is 32. The van der Waals surface area contributed by atoms with Crippen molar-refractivity contribution in [3.05, 3.63) is 36.5 Å². The Bertz CT molecular complexity index is 1290. The highest BCUT2D eigenvalue weighted by atomic mass is 16.7. The fourth-order valence-electron chi connectivity index (χ4n) is 9.23. The Hall–Kier alpha value is -2.12. The van der Waals surface area contributed by atoms with E-state index in [9.17, 15) is 35.1 Å². The molecular formula is C60H111NO10. The first-order valence-electron chi connectivity index (χ1n) is 29.8. The average Bonchev–Trinajstić information content (AvgIpc) is 3.37. The summed E-state index contributed by atoms with van der Waals surface area (Å²) in [7, 11) is 0.